The average molecular weight is 298 g/mol. The van der Waals surface area contributed by atoms with Crippen LogP contribution in [0.1, 0.15) is 0 Å². The largest absolute Gasteiger partial charge is 0.376 e. The molecule has 0 aliphatic carbocycles. The van der Waals surface area contributed by atoms with E-state index in [9.17, 15) is 22.4 Å². The molecule has 0 fully saturated rings. The third-order valence-corrected chi connectivity index (χ3v) is 2.56. The molecule has 2 N–H and O–H groups in total. The molecule has 0 spiro atoms. The molecule has 0 unspecified atom stereocenters. The van der Waals surface area contributed by atoms with Crippen molar-refractivity contribution in [2.75, 3.05) is 17.2 Å². The van der Waals surface area contributed by atoms with Gasteiger partial charge in [0.05, 0.1) is 6.54 Å². The molecule has 110 valence electrons. The predicted octanol–water partition coefficient (Wildman–Crippen LogP) is 3.29. The lowest BCUT2D eigenvalue weighted by Crippen LogP contribution is -2.21. The fourth-order valence-electron chi connectivity index (χ4n) is 1.58. The van der Waals surface area contributed by atoms with Gasteiger partial charge in [-0.2, -0.15) is 0 Å². The Morgan fingerprint density at radius 1 is 0.905 bits per heavy atom. The van der Waals surface area contributed by atoms with E-state index in [1.54, 1.807) is 0 Å². The minimum Gasteiger partial charge on any atom is -0.376 e. The average Bonchev–Trinajstić information content (AvgIpc) is 2.45. The Morgan fingerprint density at radius 3 is 2.05 bits per heavy atom. The molecular weight excluding hydrogens is 288 g/mol. The zero-order chi connectivity index (χ0) is 15.4. The summed E-state index contributed by atoms with van der Waals surface area (Å²) >= 11 is 0. The molecule has 2 aromatic carbocycles. The Kier molecular flexibility index (Phi) is 4.42. The Labute approximate surface area is 117 Å². The Hall–Kier alpha value is -2.57. The molecular formula is C14H10F4N2O. The molecule has 0 radical (unpaired) electrons. The second-order valence-electron chi connectivity index (χ2n) is 4.16. The number of anilines is 2. The van der Waals surface area contributed by atoms with Gasteiger partial charge < -0.3 is 10.6 Å². The van der Waals surface area contributed by atoms with Gasteiger partial charge in [-0.1, -0.05) is 0 Å². The van der Waals surface area contributed by atoms with Gasteiger partial charge in [-0.3, -0.25) is 4.79 Å². The summed E-state index contributed by atoms with van der Waals surface area (Å²) in [4.78, 5) is 11.6. The maximum atomic E-state index is 13.0. The molecule has 0 aliphatic rings. The van der Waals surface area contributed by atoms with Crippen molar-refractivity contribution in [3.63, 3.8) is 0 Å². The lowest BCUT2D eigenvalue weighted by molar-refractivity contribution is -0.114. The summed E-state index contributed by atoms with van der Waals surface area (Å²) < 4.78 is 51.3. The number of carbonyl (C=O) groups is 1. The van der Waals surface area contributed by atoms with Crippen molar-refractivity contribution in [2.24, 2.45) is 0 Å². The number of hydrogen-bond acceptors (Lipinski definition) is 2. The Balaban J connectivity index is 1.93. The molecule has 1 amide bonds. The maximum absolute atomic E-state index is 13.0. The molecule has 21 heavy (non-hydrogen) atoms. The summed E-state index contributed by atoms with van der Waals surface area (Å²) in [6.07, 6.45) is 0. The quantitative estimate of drug-likeness (QED) is 0.672. The number of nitrogens with one attached hydrogen (secondary N) is 2. The summed E-state index contributed by atoms with van der Waals surface area (Å²) in [5.41, 5.74) is 0.306. The molecule has 0 aromatic heterocycles. The lowest BCUT2D eigenvalue weighted by atomic mass is 10.2. The number of amides is 1. The van der Waals surface area contributed by atoms with Crippen molar-refractivity contribution >= 4 is 17.3 Å². The number of halogens is 4. The summed E-state index contributed by atoms with van der Waals surface area (Å²) in [5.74, 6) is -5.22. The monoisotopic (exact) mass is 298 g/mol. The third kappa shape index (κ3) is 3.95. The second kappa shape index (κ2) is 6.25. The van der Waals surface area contributed by atoms with Crippen LogP contribution >= 0.6 is 0 Å². The van der Waals surface area contributed by atoms with E-state index in [0.29, 0.717) is 5.69 Å². The number of benzene rings is 2. The van der Waals surface area contributed by atoms with Gasteiger partial charge in [0.25, 0.3) is 0 Å². The summed E-state index contributed by atoms with van der Waals surface area (Å²) in [6, 6.07) is 6.56. The summed E-state index contributed by atoms with van der Waals surface area (Å²) in [5, 5.41) is 4.90. The molecule has 0 heterocycles. The van der Waals surface area contributed by atoms with Gasteiger partial charge in [-0.05, 0) is 24.3 Å². The van der Waals surface area contributed by atoms with Crippen molar-refractivity contribution in [1.82, 2.24) is 0 Å². The topological polar surface area (TPSA) is 41.1 Å². The van der Waals surface area contributed by atoms with Crippen molar-refractivity contribution in [3.8, 4) is 0 Å². The van der Waals surface area contributed by atoms with Crippen LogP contribution in [0.3, 0.4) is 0 Å². The molecule has 3 nitrogen and oxygen atoms in total. The SMILES string of the molecule is O=C(CNc1cc(F)c(F)c(F)c1)Nc1ccc(F)cc1. The zero-order valence-electron chi connectivity index (χ0n) is 10.6. The van der Waals surface area contributed by atoms with Crippen LogP contribution in [0.2, 0.25) is 0 Å². The minimum absolute atomic E-state index is 0.0688. The van der Waals surface area contributed by atoms with Crippen LogP contribution in [0.4, 0.5) is 28.9 Å². The van der Waals surface area contributed by atoms with Crippen molar-refractivity contribution < 1.29 is 22.4 Å². The standard InChI is InChI=1S/C14H10F4N2O/c15-8-1-3-9(4-2-8)20-13(21)7-19-10-5-11(16)14(18)12(17)6-10/h1-6,19H,7H2,(H,20,21). The van der Waals surface area contributed by atoms with Crippen LogP contribution < -0.4 is 10.6 Å². The van der Waals surface area contributed by atoms with Gasteiger partial charge in [0.15, 0.2) is 17.5 Å². The number of rotatable bonds is 4. The van der Waals surface area contributed by atoms with Crippen LogP contribution in [-0.4, -0.2) is 12.5 Å². The summed E-state index contributed by atoms with van der Waals surface area (Å²) in [7, 11) is 0. The van der Waals surface area contributed by atoms with Gasteiger partial charge in [0, 0.05) is 23.5 Å². The first kappa shape index (κ1) is 14.8. The molecule has 0 atom stereocenters. The smallest absolute Gasteiger partial charge is 0.243 e. The highest BCUT2D eigenvalue weighted by atomic mass is 19.2. The molecule has 0 aliphatic heterocycles. The van der Waals surface area contributed by atoms with E-state index in [4.69, 9.17) is 0 Å². The van der Waals surface area contributed by atoms with E-state index in [1.165, 1.54) is 24.3 Å². The van der Waals surface area contributed by atoms with E-state index in [0.717, 1.165) is 12.1 Å². The predicted molar refractivity (Wildman–Crippen MR) is 69.8 cm³/mol. The van der Waals surface area contributed by atoms with Crippen molar-refractivity contribution in [2.45, 2.75) is 0 Å². The van der Waals surface area contributed by atoms with E-state index in [2.05, 4.69) is 10.6 Å². The van der Waals surface area contributed by atoms with Crippen LogP contribution in [0.5, 0.6) is 0 Å². The first-order valence-electron chi connectivity index (χ1n) is 5.89. The highest BCUT2D eigenvalue weighted by Gasteiger charge is 2.11. The lowest BCUT2D eigenvalue weighted by Gasteiger charge is -2.08. The van der Waals surface area contributed by atoms with Crippen LogP contribution in [-0.2, 0) is 4.79 Å². The molecule has 0 saturated carbocycles. The van der Waals surface area contributed by atoms with E-state index >= 15 is 0 Å². The van der Waals surface area contributed by atoms with Gasteiger partial charge in [-0.25, -0.2) is 17.6 Å². The van der Waals surface area contributed by atoms with E-state index in [-0.39, 0.29) is 12.2 Å². The normalized spacial score (nSPS) is 10.3. The Morgan fingerprint density at radius 2 is 1.48 bits per heavy atom. The Bertz CT molecular complexity index is 636. The van der Waals surface area contributed by atoms with Gasteiger partial charge in [0.2, 0.25) is 5.91 Å². The highest BCUT2D eigenvalue weighted by molar-refractivity contribution is 5.93. The van der Waals surface area contributed by atoms with E-state index in [1.807, 2.05) is 0 Å². The summed E-state index contributed by atoms with van der Waals surface area (Å²) in [6.45, 7) is -0.290. The third-order valence-electron chi connectivity index (χ3n) is 2.56. The fraction of sp³-hybridized carbons (Fsp3) is 0.0714. The minimum atomic E-state index is -1.57. The maximum Gasteiger partial charge on any atom is 0.243 e. The number of carbonyl (C=O) groups excluding carboxylic acids is 1. The van der Waals surface area contributed by atoms with E-state index < -0.39 is 29.2 Å². The van der Waals surface area contributed by atoms with Gasteiger partial charge in [-0.15, -0.1) is 0 Å². The first-order chi connectivity index (χ1) is 9.95. The molecule has 0 bridgehead atoms. The molecule has 0 saturated heterocycles. The van der Waals surface area contributed by atoms with Gasteiger partial charge in [0.1, 0.15) is 5.82 Å². The molecule has 2 aromatic rings. The van der Waals surface area contributed by atoms with Crippen LogP contribution in [0, 0.1) is 23.3 Å². The van der Waals surface area contributed by atoms with Crippen LogP contribution in [0.25, 0.3) is 0 Å². The molecule has 7 heteroatoms. The second-order valence-corrected chi connectivity index (χ2v) is 4.16. The van der Waals surface area contributed by atoms with Crippen LogP contribution in [0.15, 0.2) is 36.4 Å². The first-order valence-corrected chi connectivity index (χ1v) is 5.89. The molecule has 2 rings (SSSR count). The zero-order valence-corrected chi connectivity index (χ0v) is 10.6. The van der Waals surface area contributed by atoms with Crippen molar-refractivity contribution in [3.05, 3.63) is 59.7 Å². The number of hydrogen-bond donors (Lipinski definition) is 2. The fourth-order valence-corrected chi connectivity index (χ4v) is 1.58. The van der Waals surface area contributed by atoms with Crippen molar-refractivity contribution in [1.29, 1.82) is 0 Å². The van der Waals surface area contributed by atoms with Gasteiger partial charge >= 0.3 is 0 Å². The highest BCUT2D eigenvalue weighted by Crippen LogP contribution is 2.17.